The summed E-state index contributed by atoms with van der Waals surface area (Å²) in [5.74, 6) is -0.629. The Morgan fingerprint density at radius 3 is 2.73 bits per heavy atom. The van der Waals surface area contributed by atoms with Gasteiger partial charge in [-0.3, -0.25) is 4.79 Å². The highest BCUT2D eigenvalue weighted by molar-refractivity contribution is 5.94. The summed E-state index contributed by atoms with van der Waals surface area (Å²) in [7, 11) is 0. The van der Waals surface area contributed by atoms with Crippen LogP contribution in [0.25, 0.3) is 0 Å². The first-order valence-corrected chi connectivity index (χ1v) is 4.81. The van der Waals surface area contributed by atoms with Crippen LogP contribution >= 0.6 is 0 Å². The van der Waals surface area contributed by atoms with Crippen LogP contribution in [-0.4, -0.2) is 25.2 Å². The quantitative estimate of drug-likeness (QED) is 0.796. The molecule has 1 aromatic carbocycles. The molecule has 1 aliphatic heterocycles. The Hall–Kier alpha value is -1.42. The maximum absolute atomic E-state index is 13.0. The van der Waals surface area contributed by atoms with Crippen molar-refractivity contribution in [3.8, 4) is 0 Å². The molecule has 80 valence electrons. The standard InChI is InChI=1S/C11H12FNO2/c1-7-2-8(4-9(12)3-7)11(14)13-10-5-15-6-10/h2-4,10H,5-6H2,1H3,(H,13,14). The summed E-state index contributed by atoms with van der Waals surface area (Å²) in [6.45, 7) is 2.84. The van der Waals surface area contributed by atoms with Gasteiger partial charge in [0.15, 0.2) is 0 Å². The molecule has 3 nitrogen and oxygen atoms in total. The largest absolute Gasteiger partial charge is 0.377 e. The lowest BCUT2D eigenvalue weighted by molar-refractivity contribution is -0.00346. The van der Waals surface area contributed by atoms with E-state index >= 15 is 0 Å². The molecule has 0 unspecified atom stereocenters. The molecule has 0 aliphatic carbocycles. The van der Waals surface area contributed by atoms with Gasteiger partial charge in [-0.15, -0.1) is 0 Å². The topological polar surface area (TPSA) is 38.3 Å². The van der Waals surface area contributed by atoms with Crippen molar-refractivity contribution in [2.45, 2.75) is 13.0 Å². The van der Waals surface area contributed by atoms with Crippen molar-refractivity contribution in [1.82, 2.24) is 5.32 Å². The fraction of sp³-hybridized carbons (Fsp3) is 0.364. The highest BCUT2D eigenvalue weighted by Gasteiger charge is 2.21. The van der Waals surface area contributed by atoms with Gasteiger partial charge in [0.2, 0.25) is 0 Å². The van der Waals surface area contributed by atoms with Crippen molar-refractivity contribution in [2.75, 3.05) is 13.2 Å². The second-order valence-electron chi connectivity index (χ2n) is 3.73. The number of halogens is 1. The van der Waals surface area contributed by atoms with Crippen molar-refractivity contribution in [3.63, 3.8) is 0 Å². The van der Waals surface area contributed by atoms with Gasteiger partial charge < -0.3 is 10.1 Å². The molecule has 1 saturated heterocycles. The maximum Gasteiger partial charge on any atom is 0.251 e. The number of hydrogen-bond donors (Lipinski definition) is 1. The second-order valence-corrected chi connectivity index (χ2v) is 3.73. The minimum Gasteiger partial charge on any atom is -0.377 e. The third-order valence-corrected chi connectivity index (χ3v) is 2.28. The van der Waals surface area contributed by atoms with E-state index in [1.807, 2.05) is 0 Å². The molecular formula is C11H12FNO2. The Labute approximate surface area is 87.2 Å². The molecule has 0 spiro atoms. The van der Waals surface area contributed by atoms with Gasteiger partial charge in [0.1, 0.15) is 5.82 Å². The molecule has 1 N–H and O–H groups in total. The normalized spacial score (nSPS) is 15.9. The van der Waals surface area contributed by atoms with Crippen molar-refractivity contribution in [2.24, 2.45) is 0 Å². The van der Waals surface area contributed by atoms with Gasteiger partial charge in [0.05, 0.1) is 19.3 Å². The molecule has 0 bridgehead atoms. The SMILES string of the molecule is Cc1cc(F)cc(C(=O)NC2COC2)c1. The number of rotatable bonds is 2. The van der Waals surface area contributed by atoms with E-state index in [2.05, 4.69) is 5.32 Å². The number of amides is 1. The number of carbonyl (C=O) groups is 1. The predicted molar refractivity (Wildman–Crippen MR) is 53.2 cm³/mol. The zero-order chi connectivity index (χ0) is 10.8. The van der Waals surface area contributed by atoms with Crippen molar-refractivity contribution in [3.05, 3.63) is 35.1 Å². The summed E-state index contributed by atoms with van der Waals surface area (Å²) in [5.41, 5.74) is 1.10. The monoisotopic (exact) mass is 209 g/mol. The minimum absolute atomic E-state index is 0.0704. The van der Waals surface area contributed by atoms with Gasteiger partial charge >= 0.3 is 0 Å². The van der Waals surface area contributed by atoms with Gasteiger partial charge in [-0.05, 0) is 30.7 Å². The molecule has 1 amide bonds. The second kappa shape index (κ2) is 3.98. The van der Waals surface area contributed by atoms with E-state index in [1.165, 1.54) is 12.1 Å². The van der Waals surface area contributed by atoms with Crippen molar-refractivity contribution in [1.29, 1.82) is 0 Å². The smallest absolute Gasteiger partial charge is 0.251 e. The van der Waals surface area contributed by atoms with Gasteiger partial charge in [-0.1, -0.05) is 0 Å². The van der Waals surface area contributed by atoms with Crippen LogP contribution in [0, 0.1) is 12.7 Å². The van der Waals surface area contributed by atoms with Gasteiger partial charge in [-0.25, -0.2) is 4.39 Å². The Morgan fingerprint density at radius 1 is 1.47 bits per heavy atom. The number of nitrogens with one attached hydrogen (secondary N) is 1. The fourth-order valence-corrected chi connectivity index (χ4v) is 1.46. The van der Waals surface area contributed by atoms with Crippen LogP contribution < -0.4 is 5.32 Å². The summed E-state index contributed by atoms with van der Waals surface area (Å²) in [5, 5.41) is 2.76. The zero-order valence-corrected chi connectivity index (χ0v) is 8.42. The molecule has 2 rings (SSSR count). The molecular weight excluding hydrogens is 197 g/mol. The maximum atomic E-state index is 13.0. The molecule has 1 heterocycles. The molecule has 1 fully saturated rings. The first kappa shape index (κ1) is 10.1. The lowest BCUT2D eigenvalue weighted by Crippen LogP contribution is -2.48. The summed E-state index contributed by atoms with van der Waals surface area (Å²) >= 11 is 0. The van der Waals surface area contributed by atoms with Crippen LogP contribution in [0.4, 0.5) is 4.39 Å². The van der Waals surface area contributed by atoms with E-state index in [0.717, 1.165) is 5.56 Å². The van der Waals surface area contributed by atoms with Crippen LogP contribution in [-0.2, 0) is 4.74 Å². The first-order chi connectivity index (χ1) is 7.15. The Kier molecular flexibility index (Phi) is 2.68. The molecule has 4 heteroatoms. The van der Waals surface area contributed by atoms with Crippen LogP contribution in [0.2, 0.25) is 0 Å². The average molecular weight is 209 g/mol. The third-order valence-electron chi connectivity index (χ3n) is 2.28. The van der Waals surface area contributed by atoms with Crippen molar-refractivity contribution >= 4 is 5.91 Å². The van der Waals surface area contributed by atoms with E-state index in [1.54, 1.807) is 13.0 Å². The lowest BCUT2D eigenvalue weighted by atomic mass is 10.1. The number of benzene rings is 1. The number of hydrogen-bond acceptors (Lipinski definition) is 2. The van der Waals surface area contributed by atoms with Crippen molar-refractivity contribution < 1.29 is 13.9 Å². The summed E-state index contributed by atoms with van der Waals surface area (Å²) in [6.07, 6.45) is 0. The van der Waals surface area contributed by atoms with Crippen LogP contribution in [0.3, 0.4) is 0 Å². The fourth-order valence-electron chi connectivity index (χ4n) is 1.46. The van der Waals surface area contributed by atoms with Crippen LogP contribution in [0.15, 0.2) is 18.2 Å². The minimum atomic E-state index is -0.384. The molecule has 15 heavy (non-hydrogen) atoms. The summed E-state index contributed by atoms with van der Waals surface area (Å²) in [6, 6.07) is 4.37. The Balaban J connectivity index is 2.10. The Bertz CT molecular complexity index is 368. The predicted octanol–water partition coefficient (Wildman–Crippen LogP) is 1.26. The van der Waals surface area contributed by atoms with Gasteiger partial charge in [0, 0.05) is 5.56 Å². The van der Waals surface area contributed by atoms with Crippen LogP contribution in [0.5, 0.6) is 0 Å². The molecule has 1 aliphatic rings. The van der Waals surface area contributed by atoms with E-state index in [9.17, 15) is 9.18 Å². The Morgan fingerprint density at radius 2 is 2.20 bits per heavy atom. The molecule has 0 aromatic heterocycles. The van der Waals surface area contributed by atoms with Gasteiger partial charge in [-0.2, -0.15) is 0 Å². The van der Waals surface area contributed by atoms with E-state index < -0.39 is 0 Å². The highest BCUT2D eigenvalue weighted by atomic mass is 19.1. The number of carbonyl (C=O) groups excluding carboxylic acids is 1. The first-order valence-electron chi connectivity index (χ1n) is 4.81. The molecule has 0 radical (unpaired) electrons. The average Bonchev–Trinajstić information content (AvgIpc) is 2.09. The number of ether oxygens (including phenoxy) is 1. The molecule has 0 saturated carbocycles. The van der Waals surface area contributed by atoms with E-state index in [4.69, 9.17) is 4.74 Å². The number of aryl methyl sites for hydroxylation is 1. The van der Waals surface area contributed by atoms with Crippen LogP contribution in [0.1, 0.15) is 15.9 Å². The summed E-state index contributed by atoms with van der Waals surface area (Å²) < 4.78 is 17.9. The third kappa shape index (κ3) is 2.33. The lowest BCUT2D eigenvalue weighted by Gasteiger charge is -2.26. The summed E-state index contributed by atoms with van der Waals surface area (Å²) in [4.78, 5) is 11.6. The molecule has 1 aromatic rings. The molecule has 0 atom stereocenters. The van der Waals surface area contributed by atoms with Gasteiger partial charge in [0.25, 0.3) is 5.91 Å². The highest BCUT2D eigenvalue weighted by Crippen LogP contribution is 2.09. The zero-order valence-electron chi connectivity index (χ0n) is 8.42. The van der Waals surface area contributed by atoms with E-state index in [0.29, 0.717) is 18.8 Å². The van der Waals surface area contributed by atoms with E-state index in [-0.39, 0.29) is 17.8 Å².